The van der Waals surface area contributed by atoms with Crippen LogP contribution in [0.25, 0.3) is 10.1 Å². The Morgan fingerprint density at radius 2 is 2.00 bits per heavy atom. The van der Waals surface area contributed by atoms with E-state index in [1.165, 1.54) is 29.8 Å². The maximum Gasteiger partial charge on any atom is 0.410 e. The number of methoxy groups -OCH3 is 1. The first-order valence-corrected chi connectivity index (χ1v) is 11.6. The molecule has 3 aromatic rings. The number of ether oxygens (including phenoxy) is 2. The SMILES string of the molecule is CCOC(=O)N1CCc2c(sc(NC(=O)c3sc4ccccc4c3Cl)c2C(=O)OC)C1. The Morgan fingerprint density at radius 1 is 1.23 bits per heavy atom. The number of esters is 1. The third-order valence-corrected chi connectivity index (χ3v) is 7.75. The molecule has 7 nitrogen and oxygen atoms in total. The first-order chi connectivity index (χ1) is 14.9. The maximum atomic E-state index is 13.0. The molecule has 0 atom stereocenters. The van der Waals surface area contributed by atoms with Crippen molar-refractivity contribution in [2.24, 2.45) is 0 Å². The van der Waals surface area contributed by atoms with Gasteiger partial charge in [0.15, 0.2) is 0 Å². The molecule has 0 saturated heterocycles. The normalized spacial score (nSPS) is 13.1. The second-order valence-electron chi connectivity index (χ2n) is 6.77. The van der Waals surface area contributed by atoms with Gasteiger partial charge in [-0.25, -0.2) is 9.59 Å². The highest BCUT2D eigenvalue weighted by Crippen LogP contribution is 2.40. The number of rotatable bonds is 4. The lowest BCUT2D eigenvalue weighted by Crippen LogP contribution is -2.36. The fraction of sp³-hybridized carbons (Fsp3) is 0.286. The number of carbonyl (C=O) groups excluding carboxylic acids is 3. The largest absolute Gasteiger partial charge is 0.465 e. The van der Waals surface area contributed by atoms with Gasteiger partial charge in [-0.1, -0.05) is 29.8 Å². The number of anilines is 1. The molecule has 31 heavy (non-hydrogen) atoms. The lowest BCUT2D eigenvalue weighted by Gasteiger charge is -2.26. The molecule has 1 aromatic carbocycles. The summed E-state index contributed by atoms with van der Waals surface area (Å²) in [4.78, 5) is 40.4. The maximum absolute atomic E-state index is 13.0. The van der Waals surface area contributed by atoms with Crippen molar-refractivity contribution < 1.29 is 23.9 Å². The Labute approximate surface area is 191 Å². The summed E-state index contributed by atoms with van der Waals surface area (Å²) in [5.41, 5.74) is 1.12. The number of nitrogens with one attached hydrogen (secondary N) is 1. The number of hydrogen-bond acceptors (Lipinski definition) is 7. The van der Waals surface area contributed by atoms with Gasteiger partial charge in [0.1, 0.15) is 9.88 Å². The van der Waals surface area contributed by atoms with Crippen LogP contribution in [0.3, 0.4) is 0 Å². The molecule has 0 spiro atoms. The summed E-state index contributed by atoms with van der Waals surface area (Å²) < 4.78 is 10.9. The summed E-state index contributed by atoms with van der Waals surface area (Å²) in [6.07, 6.45) is 0.0676. The topological polar surface area (TPSA) is 84.9 Å². The molecule has 2 amide bonds. The average molecular weight is 479 g/mol. The van der Waals surface area contributed by atoms with E-state index >= 15 is 0 Å². The lowest BCUT2D eigenvalue weighted by molar-refractivity contribution is 0.0600. The average Bonchev–Trinajstić information content (AvgIpc) is 3.30. The minimum absolute atomic E-state index is 0.289. The minimum atomic E-state index is -0.528. The van der Waals surface area contributed by atoms with Gasteiger partial charge in [0, 0.05) is 21.5 Å². The van der Waals surface area contributed by atoms with Crippen molar-refractivity contribution in [3.63, 3.8) is 0 Å². The molecule has 2 aromatic heterocycles. The minimum Gasteiger partial charge on any atom is -0.465 e. The van der Waals surface area contributed by atoms with Gasteiger partial charge in [-0.15, -0.1) is 22.7 Å². The van der Waals surface area contributed by atoms with Gasteiger partial charge in [0.25, 0.3) is 5.91 Å². The Balaban J connectivity index is 1.66. The number of thiophene rings is 2. The summed E-state index contributed by atoms with van der Waals surface area (Å²) in [5.74, 6) is -0.919. The van der Waals surface area contributed by atoms with E-state index in [0.717, 1.165) is 20.5 Å². The molecule has 0 aliphatic carbocycles. The predicted molar refractivity (Wildman–Crippen MR) is 122 cm³/mol. The summed E-state index contributed by atoms with van der Waals surface area (Å²) in [7, 11) is 1.30. The zero-order valence-electron chi connectivity index (χ0n) is 16.8. The van der Waals surface area contributed by atoms with Gasteiger partial charge >= 0.3 is 12.1 Å². The molecule has 10 heteroatoms. The molecule has 0 saturated carbocycles. The summed E-state index contributed by atoms with van der Waals surface area (Å²) in [5, 5.41) is 4.42. The van der Waals surface area contributed by atoms with Gasteiger partial charge in [-0.05, 0) is 25.0 Å². The van der Waals surface area contributed by atoms with E-state index in [2.05, 4.69) is 5.32 Å². The van der Waals surface area contributed by atoms with Crippen LogP contribution in [0.4, 0.5) is 9.80 Å². The molecule has 162 valence electrons. The highest BCUT2D eigenvalue weighted by molar-refractivity contribution is 7.22. The number of benzene rings is 1. The molecule has 0 radical (unpaired) electrons. The van der Waals surface area contributed by atoms with Crippen LogP contribution in [0.15, 0.2) is 24.3 Å². The van der Waals surface area contributed by atoms with Crippen LogP contribution in [0.1, 0.15) is 37.4 Å². The fourth-order valence-electron chi connectivity index (χ4n) is 3.50. The van der Waals surface area contributed by atoms with E-state index in [4.69, 9.17) is 21.1 Å². The zero-order valence-corrected chi connectivity index (χ0v) is 19.2. The van der Waals surface area contributed by atoms with E-state index in [-0.39, 0.29) is 6.61 Å². The van der Waals surface area contributed by atoms with Crippen molar-refractivity contribution in [3.8, 4) is 0 Å². The zero-order chi connectivity index (χ0) is 22.1. The van der Waals surface area contributed by atoms with Gasteiger partial charge in [-0.2, -0.15) is 0 Å². The Bertz CT molecular complexity index is 1190. The number of halogens is 1. The molecule has 0 unspecified atom stereocenters. The first-order valence-electron chi connectivity index (χ1n) is 9.57. The Kier molecular flexibility index (Phi) is 6.17. The van der Waals surface area contributed by atoms with Crippen molar-refractivity contribution in [2.45, 2.75) is 19.9 Å². The van der Waals surface area contributed by atoms with Crippen LogP contribution in [0.2, 0.25) is 5.02 Å². The molecule has 1 aliphatic rings. The molecule has 3 heterocycles. The van der Waals surface area contributed by atoms with E-state index in [0.29, 0.717) is 40.0 Å². The quantitative estimate of drug-likeness (QED) is 0.523. The standard InChI is InChI=1S/C21H19ClN2O5S2/c1-3-29-21(27)24-9-8-11-14(10-24)31-19(15(11)20(26)28-2)23-18(25)17-16(22)12-6-4-5-7-13(12)30-17/h4-7H,3,8-10H2,1-2H3,(H,23,25). The van der Waals surface area contributed by atoms with Crippen molar-refractivity contribution in [1.29, 1.82) is 0 Å². The van der Waals surface area contributed by atoms with E-state index in [1.54, 1.807) is 11.8 Å². The number of nitrogens with zero attached hydrogens (tertiary/aromatic N) is 1. The second kappa shape index (κ2) is 8.86. The number of amides is 2. The van der Waals surface area contributed by atoms with Crippen LogP contribution in [-0.4, -0.2) is 43.1 Å². The van der Waals surface area contributed by atoms with Gasteiger partial charge in [0.2, 0.25) is 0 Å². The van der Waals surface area contributed by atoms with Crippen LogP contribution < -0.4 is 5.32 Å². The van der Waals surface area contributed by atoms with Crippen LogP contribution >= 0.6 is 34.3 Å². The Hall–Kier alpha value is -2.62. The van der Waals surface area contributed by atoms with E-state index < -0.39 is 18.0 Å². The molecule has 0 bridgehead atoms. The molecule has 1 aliphatic heterocycles. The highest BCUT2D eigenvalue weighted by atomic mass is 35.5. The van der Waals surface area contributed by atoms with Crippen molar-refractivity contribution in [3.05, 3.63) is 50.2 Å². The Morgan fingerprint density at radius 3 is 2.71 bits per heavy atom. The summed E-state index contributed by atoms with van der Waals surface area (Å²) >= 11 is 8.99. The molecule has 0 fully saturated rings. The fourth-order valence-corrected chi connectivity index (χ4v) is 6.16. The number of fused-ring (bicyclic) bond motifs is 2. The molecular formula is C21H19ClN2O5S2. The van der Waals surface area contributed by atoms with Crippen molar-refractivity contribution in [1.82, 2.24) is 4.90 Å². The highest BCUT2D eigenvalue weighted by Gasteiger charge is 2.32. The van der Waals surface area contributed by atoms with Crippen LogP contribution in [0.5, 0.6) is 0 Å². The predicted octanol–water partition coefficient (Wildman–Crippen LogP) is 5.17. The van der Waals surface area contributed by atoms with Crippen molar-refractivity contribution >= 4 is 67.3 Å². The van der Waals surface area contributed by atoms with Gasteiger partial charge in [-0.3, -0.25) is 4.79 Å². The number of hydrogen-bond donors (Lipinski definition) is 1. The molecule has 4 rings (SSSR count). The third-order valence-electron chi connectivity index (χ3n) is 4.94. The van der Waals surface area contributed by atoms with Crippen LogP contribution in [-0.2, 0) is 22.4 Å². The number of carbonyl (C=O) groups is 3. The monoisotopic (exact) mass is 478 g/mol. The van der Waals surface area contributed by atoms with E-state index in [9.17, 15) is 14.4 Å². The van der Waals surface area contributed by atoms with Gasteiger partial charge < -0.3 is 19.7 Å². The van der Waals surface area contributed by atoms with Crippen molar-refractivity contribution in [2.75, 3.05) is 25.6 Å². The smallest absolute Gasteiger partial charge is 0.410 e. The van der Waals surface area contributed by atoms with E-state index in [1.807, 2.05) is 24.3 Å². The summed E-state index contributed by atoms with van der Waals surface area (Å²) in [6.45, 7) is 2.77. The lowest BCUT2D eigenvalue weighted by atomic mass is 10.0. The third kappa shape index (κ3) is 4.00. The molecular weight excluding hydrogens is 460 g/mol. The first kappa shape index (κ1) is 21.6. The van der Waals surface area contributed by atoms with Crippen LogP contribution in [0, 0.1) is 0 Å². The summed E-state index contributed by atoms with van der Waals surface area (Å²) in [6, 6.07) is 7.50. The molecule has 1 N–H and O–H groups in total. The second-order valence-corrected chi connectivity index (χ2v) is 9.30. The van der Waals surface area contributed by atoms with Gasteiger partial charge in [0.05, 0.1) is 30.8 Å².